The number of carbonyl (C=O) groups is 2. The predicted molar refractivity (Wildman–Crippen MR) is 109 cm³/mol. The van der Waals surface area contributed by atoms with E-state index in [1.165, 1.54) is 4.68 Å². The molecule has 2 aromatic carbocycles. The van der Waals surface area contributed by atoms with Crippen molar-refractivity contribution in [3.05, 3.63) is 65.9 Å². The molecule has 1 aromatic heterocycles. The van der Waals surface area contributed by atoms with Crippen LogP contribution in [0.3, 0.4) is 0 Å². The number of aromatic nitrogens is 3. The minimum atomic E-state index is -0.533. The number of hydrogen-bond donors (Lipinski definition) is 0. The number of ketones is 1. The van der Waals surface area contributed by atoms with Crippen LogP contribution in [0.4, 0.5) is 5.69 Å². The van der Waals surface area contributed by atoms with Crippen LogP contribution in [0, 0.1) is 0 Å². The Bertz CT molecular complexity index is 1130. The number of esters is 1. The summed E-state index contributed by atoms with van der Waals surface area (Å²) in [6, 6.07) is 15.4. The van der Waals surface area contributed by atoms with Gasteiger partial charge in [0, 0.05) is 29.9 Å². The van der Waals surface area contributed by atoms with Gasteiger partial charge in [-0.2, -0.15) is 0 Å². The molecule has 0 aliphatic carbocycles. The van der Waals surface area contributed by atoms with E-state index in [-0.39, 0.29) is 24.3 Å². The summed E-state index contributed by atoms with van der Waals surface area (Å²) < 4.78 is 6.64. The number of nitrogens with zero attached hydrogens (tertiary/aromatic N) is 4. The first-order valence-corrected chi connectivity index (χ1v) is 9.40. The molecule has 0 bridgehead atoms. The Labute approximate surface area is 168 Å². The normalized spacial score (nSPS) is 16.2. The van der Waals surface area contributed by atoms with Gasteiger partial charge in [-0.1, -0.05) is 49.4 Å². The van der Waals surface area contributed by atoms with Crippen molar-refractivity contribution in [2.45, 2.75) is 25.8 Å². The highest BCUT2D eigenvalue weighted by atomic mass is 16.5. The van der Waals surface area contributed by atoms with Crippen LogP contribution in [0.1, 0.15) is 19.4 Å². The predicted octanol–water partition coefficient (Wildman–Crippen LogP) is 2.86. The highest BCUT2D eigenvalue weighted by Crippen LogP contribution is 2.46. The Morgan fingerprint density at radius 2 is 1.83 bits per heavy atom. The van der Waals surface area contributed by atoms with E-state index in [0.717, 1.165) is 22.5 Å². The molecule has 0 atom stereocenters. The molecule has 4 rings (SSSR count). The molecule has 0 saturated heterocycles. The topological polar surface area (TPSA) is 77.3 Å². The maximum Gasteiger partial charge on any atom is 0.328 e. The molecule has 0 fully saturated rings. The number of rotatable bonds is 5. The molecular weight excluding hydrogens is 368 g/mol. The van der Waals surface area contributed by atoms with Crippen LogP contribution in [0.2, 0.25) is 0 Å². The fourth-order valence-electron chi connectivity index (χ4n) is 3.81. The maximum absolute atomic E-state index is 12.5. The van der Waals surface area contributed by atoms with E-state index in [9.17, 15) is 9.59 Å². The Hall–Kier alpha value is -3.48. The lowest BCUT2D eigenvalue weighted by molar-refractivity contribution is -0.147. The van der Waals surface area contributed by atoms with E-state index in [0.29, 0.717) is 5.52 Å². The molecule has 3 aromatic rings. The third kappa shape index (κ3) is 3.40. The van der Waals surface area contributed by atoms with Crippen molar-refractivity contribution in [3.8, 4) is 0 Å². The second kappa shape index (κ2) is 7.16. The number of hydrogen-bond acceptors (Lipinski definition) is 6. The van der Waals surface area contributed by atoms with Gasteiger partial charge >= 0.3 is 5.97 Å². The molecule has 29 heavy (non-hydrogen) atoms. The molecule has 7 heteroatoms. The second-order valence-corrected chi connectivity index (χ2v) is 7.59. The van der Waals surface area contributed by atoms with E-state index in [2.05, 4.69) is 30.2 Å². The van der Waals surface area contributed by atoms with Crippen LogP contribution in [-0.2, 0) is 26.3 Å². The van der Waals surface area contributed by atoms with Gasteiger partial charge in [-0.05, 0) is 23.8 Å². The summed E-state index contributed by atoms with van der Waals surface area (Å²) in [5.41, 5.74) is 4.26. The van der Waals surface area contributed by atoms with E-state index in [4.69, 9.17) is 4.74 Å². The van der Waals surface area contributed by atoms with Crippen molar-refractivity contribution in [2.75, 3.05) is 18.6 Å². The molecule has 0 saturated carbocycles. The molecule has 0 amide bonds. The third-order valence-corrected chi connectivity index (χ3v) is 5.31. The molecule has 0 spiro atoms. The quantitative estimate of drug-likeness (QED) is 0.492. The van der Waals surface area contributed by atoms with E-state index in [1.807, 2.05) is 54.4 Å². The van der Waals surface area contributed by atoms with Gasteiger partial charge < -0.3 is 9.64 Å². The SMILES string of the molecule is CN1C(=CC(=O)COC(=O)Cn2nnc3ccccc32)C(C)(C)c2ccccc21. The molecule has 7 nitrogen and oxygen atoms in total. The zero-order chi connectivity index (χ0) is 20.6. The molecule has 0 N–H and O–H groups in total. The molecule has 1 aliphatic heterocycles. The van der Waals surface area contributed by atoms with Gasteiger partial charge in [0.25, 0.3) is 0 Å². The zero-order valence-corrected chi connectivity index (χ0v) is 16.6. The first-order valence-electron chi connectivity index (χ1n) is 9.40. The summed E-state index contributed by atoms with van der Waals surface area (Å²) in [4.78, 5) is 26.7. The minimum absolute atomic E-state index is 0.0960. The van der Waals surface area contributed by atoms with Gasteiger partial charge in [-0.25, -0.2) is 4.68 Å². The van der Waals surface area contributed by atoms with Crippen LogP contribution in [-0.4, -0.2) is 40.4 Å². The van der Waals surface area contributed by atoms with Gasteiger partial charge in [-0.15, -0.1) is 5.10 Å². The first kappa shape index (κ1) is 18.9. The van der Waals surface area contributed by atoms with E-state index >= 15 is 0 Å². The highest BCUT2D eigenvalue weighted by molar-refractivity contribution is 5.94. The summed E-state index contributed by atoms with van der Waals surface area (Å²) in [6.07, 6.45) is 1.57. The van der Waals surface area contributed by atoms with Crippen molar-refractivity contribution in [1.29, 1.82) is 0 Å². The third-order valence-electron chi connectivity index (χ3n) is 5.31. The van der Waals surface area contributed by atoms with Crippen molar-refractivity contribution in [3.63, 3.8) is 0 Å². The number of benzene rings is 2. The zero-order valence-electron chi connectivity index (χ0n) is 16.6. The van der Waals surface area contributed by atoms with E-state index in [1.54, 1.807) is 6.08 Å². The first-order chi connectivity index (χ1) is 13.9. The van der Waals surface area contributed by atoms with Gasteiger partial charge in [-0.3, -0.25) is 9.59 Å². The molecule has 148 valence electrons. The van der Waals surface area contributed by atoms with Gasteiger partial charge in [0.05, 0.1) is 5.52 Å². The molecule has 0 radical (unpaired) electrons. The Morgan fingerprint density at radius 3 is 2.62 bits per heavy atom. The van der Waals surface area contributed by atoms with Gasteiger partial charge in [0.15, 0.2) is 12.4 Å². The number of para-hydroxylation sites is 2. The number of fused-ring (bicyclic) bond motifs is 2. The van der Waals surface area contributed by atoms with E-state index < -0.39 is 5.97 Å². The summed E-state index contributed by atoms with van der Waals surface area (Å²) in [5, 5.41) is 7.96. The second-order valence-electron chi connectivity index (χ2n) is 7.59. The van der Waals surface area contributed by atoms with Crippen molar-refractivity contribution in [2.24, 2.45) is 0 Å². The number of anilines is 1. The number of likely N-dealkylation sites (N-methyl/N-ethyl adjacent to an activating group) is 1. The van der Waals surface area contributed by atoms with Crippen LogP contribution >= 0.6 is 0 Å². The Morgan fingerprint density at radius 1 is 1.10 bits per heavy atom. The largest absolute Gasteiger partial charge is 0.456 e. The molecular formula is C22H22N4O3. The number of ether oxygens (including phenoxy) is 1. The average Bonchev–Trinajstić information content (AvgIpc) is 3.20. The van der Waals surface area contributed by atoms with Crippen molar-refractivity contribution in [1.82, 2.24) is 15.0 Å². The number of carbonyl (C=O) groups excluding carboxylic acids is 2. The van der Waals surface area contributed by atoms with Crippen molar-refractivity contribution >= 4 is 28.5 Å². The minimum Gasteiger partial charge on any atom is -0.456 e. The number of allylic oxidation sites excluding steroid dienone is 1. The lowest BCUT2D eigenvalue weighted by Gasteiger charge is -2.23. The monoisotopic (exact) mass is 390 g/mol. The van der Waals surface area contributed by atoms with Crippen LogP contribution < -0.4 is 4.90 Å². The van der Waals surface area contributed by atoms with Crippen molar-refractivity contribution < 1.29 is 14.3 Å². The van der Waals surface area contributed by atoms with Crippen LogP contribution in [0.15, 0.2) is 60.3 Å². The van der Waals surface area contributed by atoms with Gasteiger partial charge in [0.1, 0.15) is 12.1 Å². The van der Waals surface area contributed by atoms with Crippen LogP contribution in [0.25, 0.3) is 11.0 Å². The van der Waals surface area contributed by atoms with Gasteiger partial charge in [0.2, 0.25) is 0 Å². The standard InChI is InChI=1S/C22H22N4O3/c1-22(2)16-8-4-6-10-18(16)25(3)20(22)12-15(27)14-29-21(28)13-26-19-11-7-5-9-17(19)23-24-26/h4-12H,13-14H2,1-3H3. The fourth-order valence-corrected chi connectivity index (χ4v) is 3.81. The fraction of sp³-hybridized carbons (Fsp3) is 0.273. The molecule has 2 heterocycles. The summed E-state index contributed by atoms with van der Waals surface area (Å²) in [7, 11) is 1.94. The molecule has 0 unspecified atom stereocenters. The summed E-state index contributed by atoms with van der Waals surface area (Å²) in [5.74, 6) is -0.792. The average molecular weight is 390 g/mol. The Kier molecular flexibility index (Phi) is 4.66. The lowest BCUT2D eigenvalue weighted by atomic mass is 9.83. The maximum atomic E-state index is 12.5. The summed E-state index contributed by atoms with van der Waals surface area (Å²) in [6.45, 7) is 3.75. The highest BCUT2D eigenvalue weighted by Gasteiger charge is 2.38. The summed E-state index contributed by atoms with van der Waals surface area (Å²) >= 11 is 0. The Balaban J connectivity index is 1.42. The lowest BCUT2D eigenvalue weighted by Crippen LogP contribution is -2.25. The molecule has 1 aliphatic rings. The van der Waals surface area contributed by atoms with Crippen LogP contribution in [0.5, 0.6) is 0 Å². The smallest absolute Gasteiger partial charge is 0.328 e.